The Morgan fingerprint density at radius 1 is 1.11 bits per heavy atom. The van der Waals surface area contributed by atoms with Crippen molar-refractivity contribution in [3.63, 3.8) is 0 Å². The molecule has 2 aliphatic rings. The van der Waals surface area contributed by atoms with Crippen LogP contribution in [0.25, 0.3) is 10.9 Å². The van der Waals surface area contributed by atoms with Gasteiger partial charge in [-0.3, -0.25) is 0 Å². The molecule has 0 saturated heterocycles. The standard InChI is InChI=1S/C22H25N2O4/c1-24(2)8-7-13-9-18-21(28-12-27-18)22(26-4)19(13)20(24)16-11-23-17-6-5-14(25-3)10-15(16)17/h5-6,9-11,20,23H,7-8,12H2,1-4H3/q+1. The van der Waals surface area contributed by atoms with E-state index in [0.717, 1.165) is 40.2 Å². The molecule has 146 valence electrons. The van der Waals surface area contributed by atoms with Gasteiger partial charge in [0.2, 0.25) is 12.5 Å². The zero-order valence-corrected chi connectivity index (χ0v) is 16.7. The highest BCUT2D eigenvalue weighted by atomic mass is 16.7. The first kappa shape index (κ1) is 17.3. The van der Waals surface area contributed by atoms with Crippen molar-refractivity contribution in [1.29, 1.82) is 0 Å². The SMILES string of the molecule is COc1ccc2[nH]cc(C3c4c(cc5c(c4OC)OCO5)CC[N+]3(C)C)c2c1. The number of likely N-dealkylation sites (N-methyl/N-ethyl adjacent to an activating group) is 1. The Labute approximate surface area is 164 Å². The number of quaternary nitrogens is 1. The van der Waals surface area contributed by atoms with Gasteiger partial charge >= 0.3 is 0 Å². The van der Waals surface area contributed by atoms with Crippen molar-refractivity contribution in [2.24, 2.45) is 0 Å². The van der Waals surface area contributed by atoms with E-state index in [1.807, 2.05) is 6.07 Å². The summed E-state index contributed by atoms with van der Waals surface area (Å²) in [6.07, 6.45) is 3.09. The van der Waals surface area contributed by atoms with Crippen LogP contribution in [-0.2, 0) is 6.42 Å². The Hall–Kier alpha value is -2.86. The lowest BCUT2D eigenvalue weighted by molar-refractivity contribution is -0.917. The molecule has 1 N–H and O–H groups in total. The van der Waals surface area contributed by atoms with Crippen molar-refractivity contribution in [2.45, 2.75) is 12.5 Å². The largest absolute Gasteiger partial charge is 0.497 e. The minimum atomic E-state index is 0.106. The number of aromatic amines is 1. The second-order valence-electron chi connectivity index (χ2n) is 8.03. The van der Waals surface area contributed by atoms with E-state index in [-0.39, 0.29) is 12.8 Å². The molecule has 1 unspecified atom stereocenters. The highest BCUT2D eigenvalue weighted by Crippen LogP contribution is 2.53. The maximum Gasteiger partial charge on any atom is 0.231 e. The number of hydrogen-bond donors (Lipinski definition) is 1. The van der Waals surface area contributed by atoms with Gasteiger partial charge in [-0.2, -0.15) is 0 Å². The summed E-state index contributed by atoms with van der Waals surface area (Å²) in [6, 6.07) is 8.39. The minimum Gasteiger partial charge on any atom is -0.497 e. The summed E-state index contributed by atoms with van der Waals surface area (Å²) in [7, 11) is 7.96. The van der Waals surface area contributed by atoms with Gasteiger partial charge in [-0.25, -0.2) is 0 Å². The van der Waals surface area contributed by atoms with Crippen molar-refractivity contribution >= 4 is 10.9 Å². The van der Waals surface area contributed by atoms with Gasteiger partial charge in [0.05, 0.1) is 40.4 Å². The fourth-order valence-corrected chi connectivity index (χ4v) is 4.68. The Balaban J connectivity index is 1.79. The van der Waals surface area contributed by atoms with Gasteiger partial charge in [0.15, 0.2) is 11.5 Å². The van der Waals surface area contributed by atoms with Crippen molar-refractivity contribution in [1.82, 2.24) is 4.98 Å². The van der Waals surface area contributed by atoms with Crippen LogP contribution in [0.2, 0.25) is 0 Å². The normalized spacial score (nSPS) is 19.5. The topological polar surface area (TPSA) is 52.7 Å². The molecular formula is C22H25N2O4+. The predicted molar refractivity (Wildman–Crippen MR) is 106 cm³/mol. The first-order valence-electron chi connectivity index (χ1n) is 9.50. The van der Waals surface area contributed by atoms with E-state index in [4.69, 9.17) is 18.9 Å². The predicted octanol–water partition coefficient (Wildman–Crippen LogP) is 3.64. The van der Waals surface area contributed by atoms with Gasteiger partial charge in [0.1, 0.15) is 11.8 Å². The molecule has 0 radical (unpaired) electrons. The first-order valence-corrected chi connectivity index (χ1v) is 9.50. The number of ether oxygens (including phenoxy) is 4. The second-order valence-corrected chi connectivity index (χ2v) is 8.03. The van der Waals surface area contributed by atoms with E-state index in [1.54, 1.807) is 14.2 Å². The van der Waals surface area contributed by atoms with Gasteiger partial charge in [-0.1, -0.05) is 0 Å². The van der Waals surface area contributed by atoms with Crippen LogP contribution in [0.3, 0.4) is 0 Å². The van der Waals surface area contributed by atoms with Crippen LogP contribution in [0.4, 0.5) is 0 Å². The number of H-pyrrole nitrogens is 1. The number of nitrogens with zero attached hydrogens (tertiary/aromatic N) is 1. The highest BCUT2D eigenvalue weighted by molar-refractivity contribution is 5.86. The molecule has 28 heavy (non-hydrogen) atoms. The molecule has 2 aliphatic heterocycles. The van der Waals surface area contributed by atoms with Crippen LogP contribution in [0.15, 0.2) is 30.5 Å². The molecule has 0 amide bonds. The van der Waals surface area contributed by atoms with Crippen molar-refractivity contribution in [3.05, 3.63) is 47.2 Å². The number of nitrogens with one attached hydrogen (secondary N) is 1. The van der Waals surface area contributed by atoms with Crippen LogP contribution in [0.1, 0.15) is 22.7 Å². The monoisotopic (exact) mass is 381 g/mol. The number of methoxy groups -OCH3 is 2. The molecule has 2 aromatic carbocycles. The average Bonchev–Trinajstić information content (AvgIpc) is 3.32. The van der Waals surface area contributed by atoms with Gasteiger partial charge in [-0.15, -0.1) is 0 Å². The molecule has 3 aromatic rings. The Morgan fingerprint density at radius 2 is 1.96 bits per heavy atom. The number of hydrogen-bond acceptors (Lipinski definition) is 4. The van der Waals surface area contributed by atoms with Crippen LogP contribution >= 0.6 is 0 Å². The summed E-state index contributed by atoms with van der Waals surface area (Å²) in [4.78, 5) is 3.43. The lowest BCUT2D eigenvalue weighted by atomic mass is 9.85. The van der Waals surface area contributed by atoms with E-state index in [1.165, 1.54) is 22.1 Å². The minimum absolute atomic E-state index is 0.106. The van der Waals surface area contributed by atoms with Crippen LogP contribution in [0, 0.1) is 0 Å². The van der Waals surface area contributed by atoms with E-state index in [9.17, 15) is 0 Å². The van der Waals surface area contributed by atoms with E-state index in [2.05, 4.69) is 43.5 Å². The van der Waals surface area contributed by atoms with Gasteiger partial charge < -0.3 is 28.4 Å². The summed E-state index contributed by atoms with van der Waals surface area (Å²) in [5.41, 5.74) is 4.78. The quantitative estimate of drug-likeness (QED) is 0.704. The summed E-state index contributed by atoms with van der Waals surface area (Å²) < 4.78 is 23.6. The average molecular weight is 381 g/mol. The fraction of sp³-hybridized carbons (Fsp3) is 0.364. The molecule has 0 saturated carbocycles. The molecule has 0 spiro atoms. The molecule has 5 rings (SSSR count). The lowest BCUT2D eigenvalue weighted by Crippen LogP contribution is -2.48. The van der Waals surface area contributed by atoms with E-state index < -0.39 is 0 Å². The molecular weight excluding hydrogens is 356 g/mol. The highest BCUT2D eigenvalue weighted by Gasteiger charge is 2.43. The molecule has 6 nitrogen and oxygen atoms in total. The molecule has 0 bridgehead atoms. The molecule has 6 heteroatoms. The van der Waals surface area contributed by atoms with Crippen molar-refractivity contribution in [3.8, 4) is 23.0 Å². The first-order chi connectivity index (χ1) is 13.5. The summed E-state index contributed by atoms with van der Waals surface area (Å²) in [5, 5.41) is 1.17. The summed E-state index contributed by atoms with van der Waals surface area (Å²) in [5.74, 6) is 3.14. The van der Waals surface area contributed by atoms with Crippen LogP contribution in [-0.4, -0.2) is 51.1 Å². The Morgan fingerprint density at radius 3 is 2.75 bits per heavy atom. The van der Waals surface area contributed by atoms with Crippen LogP contribution < -0.4 is 18.9 Å². The number of benzene rings is 2. The summed E-state index contributed by atoms with van der Waals surface area (Å²) in [6.45, 7) is 1.26. The fourth-order valence-electron chi connectivity index (χ4n) is 4.68. The second kappa shape index (κ2) is 6.07. The molecule has 1 aromatic heterocycles. The maximum absolute atomic E-state index is 5.88. The molecule has 1 atom stereocenters. The Bertz CT molecular complexity index is 1070. The van der Waals surface area contributed by atoms with Crippen molar-refractivity contribution in [2.75, 3.05) is 41.7 Å². The van der Waals surface area contributed by atoms with Gasteiger partial charge in [0.25, 0.3) is 0 Å². The third-order valence-electron chi connectivity index (χ3n) is 6.09. The zero-order valence-electron chi connectivity index (χ0n) is 16.7. The van der Waals surface area contributed by atoms with Crippen LogP contribution in [0.5, 0.6) is 23.0 Å². The summed E-state index contributed by atoms with van der Waals surface area (Å²) >= 11 is 0. The molecule has 0 fully saturated rings. The molecule has 3 heterocycles. The third-order valence-corrected chi connectivity index (χ3v) is 6.09. The van der Waals surface area contributed by atoms with E-state index >= 15 is 0 Å². The number of aromatic nitrogens is 1. The lowest BCUT2D eigenvalue weighted by Gasteiger charge is -2.43. The van der Waals surface area contributed by atoms with Crippen molar-refractivity contribution < 1.29 is 23.4 Å². The van der Waals surface area contributed by atoms with Gasteiger partial charge in [-0.05, 0) is 29.8 Å². The smallest absolute Gasteiger partial charge is 0.231 e. The number of fused-ring (bicyclic) bond motifs is 3. The maximum atomic E-state index is 5.88. The molecule has 0 aliphatic carbocycles. The third kappa shape index (κ3) is 2.37. The van der Waals surface area contributed by atoms with Gasteiger partial charge in [0, 0.05) is 29.1 Å². The Kier molecular flexibility index (Phi) is 3.74. The van der Waals surface area contributed by atoms with E-state index in [0.29, 0.717) is 5.75 Å². The number of rotatable bonds is 3. The zero-order chi connectivity index (χ0) is 19.5.